The third-order valence-electron chi connectivity index (χ3n) is 4.69. The van der Waals surface area contributed by atoms with Crippen LogP contribution in [0.5, 0.6) is 5.75 Å². The lowest BCUT2D eigenvalue weighted by atomic mass is 10.1. The Balaban J connectivity index is 1.63. The maximum atomic E-state index is 12.7. The summed E-state index contributed by atoms with van der Waals surface area (Å²) in [5, 5.41) is 16.4. The fraction of sp³-hybridized carbons (Fsp3) is 0. The largest absolute Gasteiger partial charge is 0.507 e. The molecule has 4 rings (SSSR count). The van der Waals surface area contributed by atoms with Gasteiger partial charge in [0, 0.05) is 5.56 Å². The Morgan fingerprint density at radius 2 is 1.40 bits per heavy atom. The van der Waals surface area contributed by atoms with Crippen LogP contribution in [0.25, 0.3) is 16.8 Å². The first-order valence-corrected chi connectivity index (χ1v) is 9.59. The van der Waals surface area contributed by atoms with E-state index in [1.807, 2.05) is 97.1 Å². The number of phenolic OH excluding ortho intramolecular Hbond substituents is 1. The number of benzene rings is 4. The summed E-state index contributed by atoms with van der Waals surface area (Å²) in [5.41, 5.74) is 5.26. The lowest BCUT2D eigenvalue weighted by molar-refractivity contribution is 0.0952. The fourth-order valence-electron chi connectivity index (χ4n) is 3.13. The molecule has 0 aromatic heterocycles. The summed E-state index contributed by atoms with van der Waals surface area (Å²) in [6.45, 7) is 0. The van der Waals surface area contributed by atoms with E-state index < -0.39 is 5.91 Å². The Morgan fingerprint density at radius 1 is 0.800 bits per heavy atom. The Kier molecular flexibility index (Phi) is 5.67. The highest BCUT2D eigenvalue weighted by atomic mass is 16.3. The van der Waals surface area contributed by atoms with Gasteiger partial charge in [0.25, 0.3) is 5.91 Å². The molecule has 0 saturated carbocycles. The normalized spacial score (nSPS) is 11.7. The van der Waals surface area contributed by atoms with E-state index in [9.17, 15) is 9.90 Å². The number of hydrazone groups is 1. The molecule has 0 radical (unpaired) electrons. The zero-order valence-electron chi connectivity index (χ0n) is 16.2. The van der Waals surface area contributed by atoms with Crippen LogP contribution in [0.2, 0.25) is 0 Å². The number of amides is 1. The number of rotatable bonds is 5. The minimum Gasteiger partial charge on any atom is -0.507 e. The Hall–Kier alpha value is -4.18. The molecule has 4 aromatic rings. The highest BCUT2D eigenvalue weighted by molar-refractivity contribution is 6.11. The highest BCUT2D eigenvalue weighted by Gasteiger charge is 2.12. The Bertz CT molecular complexity index is 1230. The molecule has 0 saturated heterocycles. The monoisotopic (exact) mass is 392 g/mol. The molecule has 4 nitrogen and oxygen atoms in total. The molecule has 0 bridgehead atoms. The molecule has 0 spiro atoms. The number of hydrogen-bond acceptors (Lipinski definition) is 3. The summed E-state index contributed by atoms with van der Waals surface area (Å²) >= 11 is 0. The van der Waals surface area contributed by atoms with E-state index >= 15 is 0 Å². The van der Waals surface area contributed by atoms with Crippen LogP contribution in [0.4, 0.5) is 0 Å². The molecule has 0 unspecified atom stereocenters. The Labute approximate surface area is 174 Å². The van der Waals surface area contributed by atoms with Gasteiger partial charge < -0.3 is 5.11 Å². The summed E-state index contributed by atoms with van der Waals surface area (Å²) in [4.78, 5) is 12.7. The number of nitrogens with one attached hydrogen (secondary N) is 1. The molecule has 4 heteroatoms. The minimum absolute atomic E-state index is 0.0810. The molecule has 2 N–H and O–H groups in total. The van der Waals surface area contributed by atoms with Gasteiger partial charge in [0.2, 0.25) is 0 Å². The molecule has 0 heterocycles. The first kappa shape index (κ1) is 19.2. The van der Waals surface area contributed by atoms with Crippen molar-refractivity contribution in [3.8, 4) is 5.75 Å². The zero-order valence-corrected chi connectivity index (χ0v) is 16.2. The second-order valence-electron chi connectivity index (χ2n) is 6.76. The zero-order chi connectivity index (χ0) is 20.8. The molecule has 0 aliphatic rings. The van der Waals surface area contributed by atoms with Crippen molar-refractivity contribution < 1.29 is 9.90 Å². The minimum atomic E-state index is -0.472. The van der Waals surface area contributed by atoms with E-state index in [-0.39, 0.29) is 11.3 Å². The average Bonchev–Trinajstić information content (AvgIpc) is 2.79. The van der Waals surface area contributed by atoms with Crippen LogP contribution in [0.15, 0.2) is 108 Å². The van der Waals surface area contributed by atoms with Gasteiger partial charge in [-0.15, -0.1) is 0 Å². The number of allylic oxidation sites excluding steroid dienone is 1. The maximum absolute atomic E-state index is 12.7. The summed E-state index contributed by atoms with van der Waals surface area (Å²) in [5.74, 6) is -0.553. The second-order valence-corrected chi connectivity index (χ2v) is 6.76. The molecule has 0 aliphatic heterocycles. The van der Waals surface area contributed by atoms with E-state index in [0.29, 0.717) is 5.71 Å². The molecule has 4 aromatic carbocycles. The van der Waals surface area contributed by atoms with Crippen molar-refractivity contribution in [1.29, 1.82) is 0 Å². The first-order chi connectivity index (χ1) is 14.7. The quantitative estimate of drug-likeness (QED) is 0.353. The van der Waals surface area contributed by atoms with E-state index in [1.165, 1.54) is 0 Å². The van der Waals surface area contributed by atoms with Crippen molar-refractivity contribution >= 4 is 28.5 Å². The molecule has 0 atom stereocenters. The van der Waals surface area contributed by atoms with E-state index in [0.717, 1.165) is 21.9 Å². The molecule has 30 heavy (non-hydrogen) atoms. The van der Waals surface area contributed by atoms with Crippen LogP contribution in [0.1, 0.15) is 21.5 Å². The van der Waals surface area contributed by atoms with Gasteiger partial charge in [0.15, 0.2) is 0 Å². The SMILES string of the molecule is O=C(NN=C(/C=C/c1ccccc1)c1ccccc1)c1cc2ccccc2cc1O. The highest BCUT2D eigenvalue weighted by Crippen LogP contribution is 2.24. The van der Waals surface area contributed by atoms with Crippen LogP contribution < -0.4 is 5.43 Å². The van der Waals surface area contributed by atoms with Gasteiger partial charge >= 0.3 is 0 Å². The summed E-state index contributed by atoms with van der Waals surface area (Å²) in [6.07, 6.45) is 3.79. The Morgan fingerprint density at radius 3 is 2.10 bits per heavy atom. The summed E-state index contributed by atoms with van der Waals surface area (Å²) < 4.78 is 0. The molecule has 0 fully saturated rings. The van der Waals surface area contributed by atoms with Crippen molar-refractivity contribution in [3.05, 3.63) is 120 Å². The number of aromatic hydroxyl groups is 1. The number of carbonyl (C=O) groups excluding carboxylic acids is 1. The van der Waals surface area contributed by atoms with E-state index in [4.69, 9.17) is 0 Å². The summed E-state index contributed by atoms with van der Waals surface area (Å²) in [6, 6.07) is 30.3. The number of carbonyl (C=O) groups is 1. The van der Waals surface area contributed by atoms with Gasteiger partial charge in [-0.25, -0.2) is 5.43 Å². The van der Waals surface area contributed by atoms with Gasteiger partial charge in [-0.1, -0.05) is 91.0 Å². The predicted octanol–water partition coefficient (Wildman–Crippen LogP) is 5.39. The van der Waals surface area contributed by atoms with Crippen LogP contribution in [-0.2, 0) is 0 Å². The fourth-order valence-corrected chi connectivity index (χ4v) is 3.13. The number of fused-ring (bicyclic) bond motifs is 1. The standard InChI is InChI=1S/C26H20N2O2/c29-25-18-22-14-8-7-13-21(22)17-23(25)26(30)28-27-24(20-11-5-2-6-12-20)16-15-19-9-3-1-4-10-19/h1-18,29H,(H,28,30)/b16-15+,27-24?. The van der Waals surface area contributed by atoms with Crippen molar-refractivity contribution in [2.24, 2.45) is 5.10 Å². The predicted molar refractivity (Wildman–Crippen MR) is 122 cm³/mol. The lowest BCUT2D eigenvalue weighted by Crippen LogP contribution is -2.19. The van der Waals surface area contributed by atoms with Gasteiger partial charge in [-0.05, 0) is 34.5 Å². The number of hydrogen-bond donors (Lipinski definition) is 2. The van der Waals surface area contributed by atoms with Gasteiger partial charge in [0.1, 0.15) is 5.75 Å². The van der Waals surface area contributed by atoms with E-state index in [1.54, 1.807) is 12.1 Å². The molecular formula is C26H20N2O2. The van der Waals surface area contributed by atoms with Crippen molar-refractivity contribution in [3.63, 3.8) is 0 Å². The third kappa shape index (κ3) is 4.45. The maximum Gasteiger partial charge on any atom is 0.275 e. The van der Waals surface area contributed by atoms with Crippen LogP contribution in [-0.4, -0.2) is 16.7 Å². The van der Waals surface area contributed by atoms with Crippen LogP contribution in [0.3, 0.4) is 0 Å². The van der Waals surface area contributed by atoms with Gasteiger partial charge in [-0.3, -0.25) is 4.79 Å². The third-order valence-corrected chi connectivity index (χ3v) is 4.69. The second kappa shape index (κ2) is 8.88. The average molecular weight is 392 g/mol. The topological polar surface area (TPSA) is 61.7 Å². The van der Waals surface area contributed by atoms with Crippen LogP contribution in [0, 0.1) is 0 Å². The smallest absolute Gasteiger partial charge is 0.275 e. The number of phenols is 1. The van der Waals surface area contributed by atoms with Crippen molar-refractivity contribution in [1.82, 2.24) is 5.43 Å². The van der Waals surface area contributed by atoms with Gasteiger partial charge in [-0.2, -0.15) is 5.10 Å². The first-order valence-electron chi connectivity index (χ1n) is 9.59. The van der Waals surface area contributed by atoms with E-state index in [2.05, 4.69) is 10.5 Å². The molecule has 1 amide bonds. The molecular weight excluding hydrogens is 372 g/mol. The lowest BCUT2D eigenvalue weighted by Gasteiger charge is -2.07. The van der Waals surface area contributed by atoms with Crippen molar-refractivity contribution in [2.45, 2.75) is 0 Å². The summed E-state index contributed by atoms with van der Waals surface area (Å²) in [7, 11) is 0. The van der Waals surface area contributed by atoms with Crippen LogP contribution >= 0.6 is 0 Å². The van der Waals surface area contributed by atoms with Crippen molar-refractivity contribution in [2.75, 3.05) is 0 Å². The molecule has 0 aliphatic carbocycles. The van der Waals surface area contributed by atoms with Gasteiger partial charge in [0.05, 0.1) is 11.3 Å². The number of nitrogens with zero attached hydrogens (tertiary/aromatic N) is 1. The molecule has 146 valence electrons.